The first-order valence-corrected chi connectivity index (χ1v) is 10.8. The zero-order chi connectivity index (χ0) is 21.3. The molecule has 0 atom stereocenters. The molecule has 152 valence electrons. The summed E-state index contributed by atoms with van der Waals surface area (Å²) in [5.74, 6) is 0.801. The monoisotopic (exact) mass is 483 g/mol. The maximum atomic E-state index is 12.1. The minimum atomic E-state index is -0.309. The van der Waals surface area contributed by atoms with Crippen molar-refractivity contribution in [2.45, 2.75) is 6.61 Å². The number of hydrogen-bond acceptors (Lipinski definition) is 5. The average Bonchev–Trinajstić information content (AvgIpc) is 2.99. The SMILES string of the molecule is COc1cc(/C=C2\SC(=O)N(C)C2=O)cc(Br)c1OCc1ccc2ccccc2c1. The number of rotatable bonds is 5. The number of methoxy groups -OCH3 is 1. The number of nitrogens with zero attached hydrogens (tertiary/aromatic N) is 1. The zero-order valence-corrected chi connectivity index (χ0v) is 18.7. The number of amides is 2. The number of carbonyl (C=O) groups is 2. The van der Waals surface area contributed by atoms with Gasteiger partial charge < -0.3 is 9.47 Å². The fourth-order valence-corrected chi connectivity index (χ4v) is 4.55. The minimum Gasteiger partial charge on any atom is -0.493 e. The molecule has 1 saturated heterocycles. The van der Waals surface area contributed by atoms with Crippen LogP contribution in [0.25, 0.3) is 16.8 Å². The molecule has 0 unspecified atom stereocenters. The Labute approximate surface area is 186 Å². The van der Waals surface area contributed by atoms with Gasteiger partial charge in [-0.2, -0.15) is 0 Å². The van der Waals surface area contributed by atoms with Gasteiger partial charge in [-0.1, -0.05) is 36.4 Å². The standard InChI is InChI=1S/C23H18BrNO4S/c1-25-22(26)20(30-23(25)27)12-15-10-18(24)21(19(11-15)28-2)29-13-14-7-8-16-5-3-4-6-17(16)9-14/h3-12H,13H2,1-2H3/b20-12-. The van der Waals surface area contributed by atoms with Crippen LogP contribution in [-0.2, 0) is 11.4 Å². The molecule has 1 heterocycles. The predicted octanol–water partition coefficient (Wildman–Crippen LogP) is 5.86. The quantitative estimate of drug-likeness (QED) is 0.425. The summed E-state index contributed by atoms with van der Waals surface area (Å²) in [5, 5.41) is 2.05. The second-order valence-corrected chi connectivity index (χ2v) is 8.59. The Balaban J connectivity index is 1.58. The Hall–Kier alpha value is -2.77. The molecule has 3 aromatic rings. The van der Waals surface area contributed by atoms with Gasteiger partial charge in [0.15, 0.2) is 11.5 Å². The highest BCUT2D eigenvalue weighted by Crippen LogP contribution is 2.39. The lowest BCUT2D eigenvalue weighted by Gasteiger charge is -2.14. The summed E-state index contributed by atoms with van der Waals surface area (Å²) in [6, 6.07) is 18.0. The van der Waals surface area contributed by atoms with E-state index in [9.17, 15) is 9.59 Å². The van der Waals surface area contributed by atoms with Crippen molar-refractivity contribution in [3.63, 3.8) is 0 Å². The van der Waals surface area contributed by atoms with Gasteiger partial charge in [0.2, 0.25) is 0 Å². The molecule has 3 aromatic carbocycles. The van der Waals surface area contributed by atoms with Crippen LogP contribution in [0.4, 0.5) is 4.79 Å². The summed E-state index contributed by atoms with van der Waals surface area (Å²) in [7, 11) is 3.03. The van der Waals surface area contributed by atoms with Gasteiger partial charge >= 0.3 is 0 Å². The van der Waals surface area contributed by atoms with Gasteiger partial charge in [0.05, 0.1) is 16.5 Å². The van der Waals surface area contributed by atoms with Crippen molar-refractivity contribution in [1.82, 2.24) is 4.90 Å². The van der Waals surface area contributed by atoms with E-state index in [4.69, 9.17) is 9.47 Å². The van der Waals surface area contributed by atoms with E-state index in [1.807, 2.05) is 24.3 Å². The molecule has 1 fully saturated rings. The molecular weight excluding hydrogens is 466 g/mol. The van der Waals surface area contributed by atoms with E-state index >= 15 is 0 Å². The molecule has 30 heavy (non-hydrogen) atoms. The topological polar surface area (TPSA) is 55.8 Å². The molecule has 2 amide bonds. The highest BCUT2D eigenvalue weighted by molar-refractivity contribution is 9.10. The zero-order valence-electron chi connectivity index (χ0n) is 16.3. The second kappa shape index (κ2) is 8.53. The van der Waals surface area contributed by atoms with Gasteiger partial charge in [-0.25, -0.2) is 0 Å². The van der Waals surface area contributed by atoms with Crippen molar-refractivity contribution in [1.29, 1.82) is 0 Å². The van der Waals surface area contributed by atoms with Gasteiger partial charge in [-0.15, -0.1) is 0 Å². The fraction of sp³-hybridized carbons (Fsp3) is 0.130. The fourth-order valence-electron chi connectivity index (χ4n) is 3.14. The summed E-state index contributed by atoms with van der Waals surface area (Å²) in [5.41, 5.74) is 1.78. The first-order valence-electron chi connectivity index (χ1n) is 9.16. The summed E-state index contributed by atoms with van der Waals surface area (Å²) >= 11 is 4.46. The van der Waals surface area contributed by atoms with E-state index in [2.05, 4.69) is 40.2 Å². The van der Waals surface area contributed by atoms with Crippen LogP contribution >= 0.6 is 27.7 Å². The van der Waals surface area contributed by atoms with Crippen LogP contribution in [0.3, 0.4) is 0 Å². The Morgan fingerprint density at radius 3 is 2.53 bits per heavy atom. The highest BCUT2D eigenvalue weighted by Gasteiger charge is 2.31. The smallest absolute Gasteiger partial charge is 0.293 e. The second-order valence-electron chi connectivity index (χ2n) is 6.75. The minimum absolute atomic E-state index is 0.285. The average molecular weight is 484 g/mol. The Morgan fingerprint density at radius 2 is 1.83 bits per heavy atom. The maximum Gasteiger partial charge on any atom is 0.293 e. The lowest BCUT2D eigenvalue weighted by molar-refractivity contribution is -0.121. The van der Waals surface area contributed by atoms with Crippen molar-refractivity contribution in [3.05, 3.63) is 75.1 Å². The molecule has 0 N–H and O–H groups in total. The lowest BCUT2D eigenvalue weighted by Crippen LogP contribution is -2.22. The third kappa shape index (κ3) is 4.08. The molecule has 0 radical (unpaired) electrons. The number of hydrogen-bond donors (Lipinski definition) is 0. The Kier molecular flexibility index (Phi) is 5.83. The highest BCUT2D eigenvalue weighted by atomic mass is 79.9. The molecule has 0 aliphatic carbocycles. The number of carbonyl (C=O) groups excluding carboxylic acids is 2. The van der Waals surface area contributed by atoms with E-state index in [0.29, 0.717) is 27.5 Å². The largest absolute Gasteiger partial charge is 0.493 e. The van der Waals surface area contributed by atoms with E-state index < -0.39 is 0 Å². The number of fused-ring (bicyclic) bond motifs is 1. The number of ether oxygens (including phenoxy) is 2. The maximum absolute atomic E-state index is 12.1. The third-order valence-electron chi connectivity index (χ3n) is 4.73. The number of benzene rings is 3. The molecule has 1 aliphatic rings. The summed E-state index contributed by atoms with van der Waals surface area (Å²) in [4.78, 5) is 25.3. The van der Waals surface area contributed by atoms with Gasteiger partial charge in [0.1, 0.15) is 6.61 Å². The van der Waals surface area contributed by atoms with Crippen molar-refractivity contribution in [2.75, 3.05) is 14.2 Å². The number of imide groups is 1. The van der Waals surface area contributed by atoms with Crippen LogP contribution in [0.5, 0.6) is 11.5 Å². The van der Waals surface area contributed by atoms with Crippen LogP contribution in [0.15, 0.2) is 64.0 Å². The molecule has 1 aliphatic heterocycles. The van der Waals surface area contributed by atoms with Crippen molar-refractivity contribution in [3.8, 4) is 11.5 Å². The van der Waals surface area contributed by atoms with Crippen LogP contribution in [0.1, 0.15) is 11.1 Å². The van der Waals surface area contributed by atoms with Crippen LogP contribution in [0, 0.1) is 0 Å². The molecule has 0 saturated carbocycles. The van der Waals surface area contributed by atoms with Gasteiger partial charge in [0, 0.05) is 7.05 Å². The van der Waals surface area contributed by atoms with Crippen molar-refractivity contribution >= 4 is 55.7 Å². The Morgan fingerprint density at radius 1 is 1.07 bits per heavy atom. The molecule has 0 aromatic heterocycles. The molecular formula is C23H18BrNO4S. The number of likely N-dealkylation sites (N-methyl/N-ethyl adjacent to an activating group) is 1. The molecule has 0 spiro atoms. The van der Waals surface area contributed by atoms with E-state index in [0.717, 1.165) is 33.2 Å². The predicted molar refractivity (Wildman–Crippen MR) is 123 cm³/mol. The lowest BCUT2D eigenvalue weighted by atomic mass is 10.1. The number of halogens is 1. The van der Waals surface area contributed by atoms with Gasteiger partial charge in [-0.3, -0.25) is 14.5 Å². The molecule has 4 rings (SSSR count). The first-order chi connectivity index (χ1) is 14.5. The normalized spacial score (nSPS) is 15.3. The molecule has 0 bridgehead atoms. The van der Waals surface area contributed by atoms with E-state index in [1.165, 1.54) is 12.4 Å². The van der Waals surface area contributed by atoms with E-state index in [1.54, 1.807) is 19.3 Å². The van der Waals surface area contributed by atoms with Crippen molar-refractivity contribution in [2.24, 2.45) is 0 Å². The number of thioether (sulfide) groups is 1. The van der Waals surface area contributed by atoms with Gasteiger partial charge in [0.25, 0.3) is 11.1 Å². The van der Waals surface area contributed by atoms with E-state index in [-0.39, 0.29) is 11.1 Å². The summed E-state index contributed by atoms with van der Waals surface area (Å²) in [6.07, 6.45) is 1.68. The van der Waals surface area contributed by atoms with Crippen LogP contribution in [-0.4, -0.2) is 30.2 Å². The van der Waals surface area contributed by atoms with Crippen LogP contribution < -0.4 is 9.47 Å². The summed E-state index contributed by atoms with van der Waals surface area (Å²) < 4.78 is 12.3. The first kappa shape index (κ1) is 20.5. The Bertz CT molecular complexity index is 1190. The summed E-state index contributed by atoms with van der Waals surface area (Å²) in [6.45, 7) is 0.383. The third-order valence-corrected chi connectivity index (χ3v) is 6.28. The molecule has 7 heteroatoms. The van der Waals surface area contributed by atoms with Crippen LogP contribution in [0.2, 0.25) is 0 Å². The molecule has 5 nitrogen and oxygen atoms in total. The van der Waals surface area contributed by atoms with Crippen molar-refractivity contribution < 1.29 is 19.1 Å². The van der Waals surface area contributed by atoms with Gasteiger partial charge in [-0.05, 0) is 73.9 Å².